The van der Waals surface area contributed by atoms with E-state index in [4.69, 9.17) is 0 Å². The quantitative estimate of drug-likeness (QED) is 0.259. The van der Waals surface area contributed by atoms with Gasteiger partial charge in [-0.05, 0) is 0 Å². The Labute approximate surface area is 126 Å². The van der Waals surface area contributed by atoms with Gasteiger partial charge in [-0.2, -0.15) is 0 Å². The zero-order valence-corrected chi connectivity index (χ0v) is 12.1. The summed E-state index contributed by atoms with van der Waals surface area (Å²) in [5.74, 6) is -1.40. The molecule has 2 amide bonds. The lowest BCUT2D eigenvalue weighted by atomic mass is 9.95. The van der Waals surface area contributed by atoms with Crippen molar-refractivity contribution in [1.29, 1.82) is 0 Å². The molecule has 1 aliphatic rings. The summed E-state index contributed by atoms with van der Waals surface area (Å²) in [4.78, 5) is 26.2. The van der Waals surface area contributed by atoms with Gasteiger partial charge in [0.25, 0.3) is 0 Å². The molecule has 0 radical (unpaired) electrons. The Balaban J connectivity index is 3.08. The topological polar surface area (TPSA) is 162 Å². The van der Waals surface area contributed by atoms with Crippen molar-refractivity contribution >= 4 is 11.8 Å². The molecule has 0 aromatic rings. The third kappa shape index (κ3) is 2.93. The van der Waals surface area contributed by atoms with Crippen LogP contribution in [0.5, 0.6) is 0 Å². The van der Waals surface area contributed by atoms with E-state index in [1.54, 1.807) is 0 Å². The van der Waals surface area contributed by atoms with Crippen molar-refractivity contribution in [3.05, 3.63) is 0 Å². The maximum Gasteiger partial charge on any atom is 0.243 e. The SMILES string of the molecule is O=C1CN(C(CO)(CO)CO)C(=O)CN1C(CO)(CO)CO. The Morgan fingerprint density at radius 1 is 0.636 bits per heavy atom. The van der Waals surface area contributed by atoms with Crippen molar-refractivity contribution in [3.8, 4) is 0 Å². The van der Waals surface area contributed by atoms with Crippen LogP contribution >= 0.6 is 0 Å². The zero-order chi connectivity index (χ0) is 17.0. The molecule has 22 heavy (non-hydrogen) atoms. The van der Waals surface area contributed by atoms with E-state index in [1.807, 2.05) is 0 Å². The van der Waals surface area contributed by atoms with Crippen LogP contribution in [0.3, 0.4) is 0 Å². The summed E-state index contributed by atoms with van der Waals surface area (Å²) in [6, 6.07) is 0. The molecule has 10 heteroatoms. The van der Waals surface area contributed by atoms with Gasteiger partial charge in [-0.1, -0.05) is 0 Å². The van der Waals surface area contributed by atoms with Crippen LogP contribution in [-0.4, -0.2) is 116 Å². The normalized spacial score (nSPS) is 17.4. The van der Waals surface area contributed by atoms with Crippen LogP contribution in [0.4, 0.5) is 0 Å². The molecular weight excluding hydrogens is 300 g/mol. The van der Waals surface area contributed by atoms with Crippen molar-refractivity contribution in [2.45, 2.75) is 11.1 Å². The van der Waals surface area contributed by atoms with Crippen molar-refractivity contribution in [1.82, 2.24) is 9.80 Å². The highest BCUT2D eigenvalue weighted by Crippen LogP contribution is 2.23. The molecule has 0 unspecified atom stereocenters. The first kappa shape index (κ1) is 18.7. The number of nitrogens with zero attached hydrogens (tertiary/aromatic N) is 2. The molecular formula is C12H22N2O8. The van der Waals surface area contributed by atoms with Gasteiger partial charge in [0.05, 0.1) is 39.6 Å². The average molecular weight is 322 g/mol. The zero-order valence-electron chi connectivity index (χ0n) is 12.1. The molecule has 0 bridgehead atoms. The maximum absolute atomic E-state index is 12.2. The van der Waals surface area contributed by atoms with Gasteiger partial charge in [0.15, 0.2) is 0 Å². The van der Waals surface area contributed by atoms with E-state index in [9.17, 15) is 40.2 Å². The first-order valence-corrected chi connectivity index (χ1v) is 6.66. The average Bonchev–Trinajstić information content (AvgIpc) is 2.55. The minimum Gasteiger partial charge on any atom is -0.394 e. The summed E-state index contributed by atoms with van der Waals surface area (Å²) in [6.07, 6.45) is 0. The summed E-state index contributed by atoms with van der Waals surface area (Å²) in [5, 5.41) is 56.0. The first-order valence-electron chi connectivity index (χ1n) is 6.66. The molecule has 128 valence electrons. The van der Waals surface area contributed by atoms with Crippen LogP contribution < -0.4 is 0 Å². The van der Waals surface area contributed by atoms with Crippen LogP contribution in [0.15, 0.2) is 0 Å². The van der Waals surface area contributed by atoms with Gasteiger partial charge >= 0.3 is 0 Å². The Kier molecular flexibility index (Phi) is 6.23. The number of piperazine rings is 1. The van der Waals surface area contributed by atoms with Crippen molar-refractivity contribution in [2.24, 2.45) is 0 Å². The van der Waals surface area contributed by atoms with Crippen molar-refractivity contribution < 1.29 is 40.2 Å². The van der Waals surface area contributed by atoms with Gasteiger partial charge in [0.2, 0.25) is 11.8 Å². The highest BCUT2D eigenvalue weighted by Gasteiger charge is 2.48. The van der Waals surface area contributed by atoms with E-state index >= 15 is 0 Å². The molecule has 0 spiro atoms. The summed E-state index contributed by atoms with van der Waals surface area (Å²) < 4.78 is 0. The summed E-state index contributed by atoms with van der Waals surface area (Å²) in [6.45, 7) is -5.61. The molecule has 0 aromatic carbocycles. The summed E-state index contributed by atoms with van der Waals surface area (Å²) in [5.41, 5.74) is -3.36. The van der Waals surface area contributed by atoms with Gasteiger partial charge < -0.3 is 40.4 Å². The second kappa shape index (κ2) is 7.31. The van der Waals surface area contributed by atoms with Crippen molar-refractivity contribution in [3.63, 3.8) is 0 Å². The van der Waals surface area contributed by atoms with Crippen LogP contribution in [0.25, 0.3) is 0 Å². The fraction of sp³-hybridized carbons (Fsp3) is 0.833. The van der Waals surface area contributed by atoms with E-state index in [0.29, 0.717) is 0 Å². The minimum absolute atomic E-state index is 0.567. The summed E-state index contributed by atoms with van der Waals surface area (Å²) >= 11 is 0. The Bertz CT molecular complexity index is 353. The number of amides is 2. The number of hydrogen-bond donors (Lipinski definition) is 6. The highest BCUT2D eigenvalue weighted by molar-refractivity contribution is 5.93. The predicted molar refractivity (Wildman–Crippen MR) is 71.4 cm³/mol. The van der Waals surface area contributed by atoms with E-state index in [2.05, 4.69) is 0 Å². The molecule has 0 atom stereocenters. The number of carbonyl (C=O) groups is 2. The third-order valence-corrected chi connectivity index (χ3v) is 4.10. The van der Waals surface area contributed by atoms with E-state index in [-0.39, 0.29) is 0 Å². The fourth-order valence-corrected chi connectivity index (χ4v) is 2.29. The number of rotatable bonds is 8. The number of hydrogen-bond acceptors (Lipinski definition) is 8. The smallest absolute Gasteiger partial charge is 0.243 e. The second-order valence-corrected chi connectivity index (χ2v) is 5.36. The minimum atomic E-state index is -1.68. The molecule has 1 saturated heterocycles. The lowest BCUT2D eigenvalue weighted by Gasteiger charge is -2.48. The molecule has 1 fully saturated rings. The molecule has 10 nitrogen and oxygen atoms in total. The van der Waals surface area contributed by atoms with Crippen LogP contribution in [0.2, 0.25) is 0 Å². The molecule has 1 aliphatic heterocycles. The first-order chi connectivity index (χ1) is 10.4. The molecule has 0 saturated carbocycles. The van der Waals surface area contributed by atoms with E-state index < -0.39 is 75.6 Å². The molecule has 1 rings (SSSR count). The van der Waals surface area contributed by atoms with Gasteiger partial charge in [-0.15, -0.1) is 0 Å². The highest BCUT2D eigenvalue weighted by atomic mass is 16.3. The van der Waals surface area contributed by atoms with E-state index in [1.165, 1.54) is 0 Å². The van der Waals surface area contributed by atoms with Gasteiger partial charge in [0.1, 0.15) is 24.2 Å². The number of carbonyl (C=O) groups excluding carboxylic acids is 2. The van der Waals surface area contributed by atoms with Crippen LogP contribution in [0.1, 0.15) is 0 Å². The van der Waals surface area contributed by atoms with Gasteiger partial charge in [-0.3, -0.25) is 9.59 Å². The van der Waals surface area contributed by atoms with E-state index in [0.717, 1.165) is 9.80 Å². The Hall–Kier alpha value is -1.30. The molecule has 6 N–H and O–H groups in total. The molecule has 0 aromatic heterocycles. The lowest BCUT2D eigenvalue weighted by molar-refractivity contribution is -0.173. The molecule has 1 heterocycles. The Morgan fingerprint density at radius 3 is 1.05 bits per heavy atom. The van der Waals surface area contributed by atoms with Crippen LogP contribution in [0, 0.1) is 0 Å². The second-order valence-electron chi connectivity index (χ2n) is 5.36. The monoisotopic (exact) mass is 322 g/mol. The Morgan fingerprint density at radius 2 is 0.864 bits per heavy atom. The fourth-order valence-electron chi connectivity index (χ4n) is 2.29. The lowest BCUT2D eigenvalue weighted by Crippen LogP contribution is -2.71. The third-order valence-electron chi connectivity index (χ3n) is 4.10. The van der Waals surface area contributed by atoms with Gasteiger partial charge in [-0.25, -0.2) is 0 Å². The summed E-state index contributed by atoms with van der Waals surface area (Å²) in [7, 11) is 0. The van der Waals surface area contributed by atoms with Gasteiger partial charge in [0, 0.05) is 0 Å². The van der Waals surface area contributed by atoms with Crippen LogP contribution in [-0.2, 0) is 9.59 Å². The number of aliphatic hydroxyl groups excluding tert-OH is 6. The number of aliphatic hydroxyl groups is 6. The largest absolute Gasteiger partial charge is 0.394 e. The predicted octanol–water partition coefficient (Wildman–Crippen LogP) is -4.91. The maximum atomic E-state index is 12.2. The standard InChI is InChI=1S/C12H22N2O8/c15-3-11(4-16,5-17)13-1-9(21)14(2-10(13)22)12(6-18,7-19)8-20/h15-20H,1-8H2. The van der Waals surface area contributed by atoms with Crippen molar-refractivity contribution in [2.75, 3.05) is 52.7 Å². The molecule has 0 aliphatic carbocycles.